The largest absolute Gasteiger partial charge is 0.471 e. The highest BCUT2D eigenvalue weighted by molar-refractivity contribution is 6.09. The average Bonchev–Trinajstić information content (AvgIpc) is 2.80. The van der Waals surface area contributed by atoms with Gasteiger partial charge in [0.25, 0.3) is 0 Å². The van der Waals surface area contributed by atoms with Gasteiger partial charge in [0.05, 0.1) is 11.4 Å². The maximum Gasteiger partial charge on any atom is 0.219 e. The number of aryl methyl sites for hydroxylation is 1. The van der Waals surface area contributed by atoms with E-state index in [1.165, 1.54) is 4.90 Å². The second-order valence-corrected chi connectivity index (χ2v) is 9.40. The number of anilines is 1. The van der Waals surface area contributed by atoms with Gasteiger partial charge in [-0.1, -0.05) is 32.9 Å². The second-order valence-electron chi connectivity index (χ2n) is 9.40. The molecule has 0 spiro atoms. The molecule has 35 heavy (non-hydrogen) atoms. The molecule has 0 saturated carbocycles. The van der Waals surface area contributed by atoms with E-state index in [2.05, 4.69) is 35.7 Å². The first-order valence-electron chi connectivity index (χ1n) is 11.4. The van der Waals surface area contributed by atoms with E-state index in [0.29, 0.717) is 23.1 Å². The van der Waals surface area contributed by atoms with E-state index in [1.807, 2.05) is 51.2 Å². The lowest BCUT2D eigenvalue weighted by Gasteiger charge is -2.20. The highest BCUT2D eigenvalue weighted by Crippen LogP contribution is 2.28. The molecule has 0 fully saturated rings. The number of hydrogen-bond donors (Lipinski definition) is 1. The van der Waals surface area contributed by atoms with Crippen molar-refractivity contribution in [2.75, 3.05) is 18.6 Å². The summed E-state index contributed by atoms with van der Waals surface area (Å²) in [6.07, 6.45) is 5.84. The first kappa shape index (κ1) is 27.4. The lowest BCUT2D eigenvalue weighted by molar-refractivity contribution is -0.106. The zero-order valence-corrected chi connectivity index (χ0v) is 22.0. The van der Waals surface area contributed by atoms with Gasteiger partial charge in [0.1, 0.15) is 18.3 Å². The summed E-state index contributed by atoms with van der Waals surface area (Å²) in [6.45, 7) is 13.9. The van der Waals surface area contributed by atoms with Crippen LogP contribution in [0.3, 0.4) is 0 Å². The number of rotatable bonds is 8. The SMILES string of the molecule is CN=C/C=C(\N)COC(/N=C(/C)N(C=O)c1cccc(-c2nc(C(C)(C)C)ncc2C)c1)=C(C)C. The highest BCUT2D eigenvalue weighted by Gasteiger charge is 2.19. The molecule has 2 N–H and O–H groups in total. The lowest BCUT2D eigenvalue weighted by atomic mass is 9.95. The van der Waals surface area contributed by atoms with Crippen molar-refractivity contribution in [3.05, 3.63) is 65.1 Å². The highest BCUT2D eigenvalue weighted by atomic mass is 16.5. The van der Waals surface area contributed by atoms with Crippen LogP contribution in [0.15, 0.2) is 63.7 Å². The zero-order valence-electron chi connectivity index (χ0n) is 22.0. The van der Waals surface area contributed by atoms with Gasteiger partial charge in [0.15, 0.2) is 0 Å². The standard InChI is InChI=1S/C27H36N6O2/c1-18(2)25(35-16-22(28)12-13-29-8)31-20(4)33(17-34)23-11-9-10-21(14-23)24-19(3)15-30-26(32-24)27(5,6)7/h9-15,17H,16,28H2,1-8H3/b22-12-,29-13?,31-20-. The number of nitrogens with zero attached hydrogens (tertiary/aromatic N) is 5. The Morgan fingerprint density at radius 3 is 2.54 bits per heavy atom. The van der Waals surface area contributed by atoms with Crippen LogP contribution in [-0.2, 0) is 14.9 Å². The zero-order chi connectivity index (χ0) is 26.2. The van der Waals surface area contributed by atoms with Crippen molar-refractivity contribution >= 4 is 24.1 Å². The number of allylic oxidation sites excluding steroid dienone is 2. The molecule has 1 aromatic heterocycles. The smallest absolute Gasteiger partial charge is 0.219 e. The van der Waals surface area contributed by atoms with Crippen molar-refractivity contribution in [2.45, 2.75) is 53.9 Å². The first-order valence-corrected chi connectivity index (χ1v) is 11.4. The van der Waals surface area contributed by atoms with Crippen molar-refractivity contribution in [3.8, 4) is 11.3 Å². The fourth-order valence-electron chi connectivity index (χ4n) is 3.08. The van der Waals surface area contributed by atoms with Crippen LogP contribution in [0.2, 0.25) is 0 Å². The van der Waals surface area contributed by atoms with Crippen LogP contribution in [0.25, 0.3) is 11.3 Å². The minimum atomic E-state index is -0.180. The maximum absolute atomic E-state index is 12.1. The molecule has 0 radical (unpaired) electrons. The molecule has 0 atom stereocenters. The number of carbonyl (C=O) groups excluding carboxylic acids is 1. The Kier molecular flexibility index (Phi) is 9.45. The molecule has 0 bridgehead atoms. The monoisotopic (exact) mass is 476 g/mol. The molecular weight excluding hydrogens is 440 g/mol. The van der Waals surface area contributed by atoms with Crippen LogP contribution in [0.5, 0.6) is 0 Å². The maximum atomic E-state index is 12.1. The third kappa shape index (κ3) is 7.60. The number of aromatic nitrogens is 2. The molecular formula is C27H36N6O2. The van der Waals surface area contributed by atoms with Crippen molar-refractivity contribution in [2.24, 2.45) is 15.7 Å². The van der Waals surface area contributed by atoms with Crippen LogP contribution < -0.4 is 10.6 Å². The molecule has 2 aromatic rings. The van der Waals surface area contributed by atoms with Gasteiger partial charge in [-0.2, -0.15) is 0 Å². The summed E-state index contributed by atoms with van der Waals surface area (Å²) in [6, 6.07) is 7.64. The number of amidine groups is 1. The molecule has 8 heteroatoms. The number of aliphatic imine (C=N–C) groups is 2. The molecule has 0 aliphatic heterocycles. The molecule has 186 valence electrons. The molecule has 1 amide bonds. The summed E-state index contributed by atoms with van der Waals surface area (Å²) in [5.74, 6) is 1.62. The van der Waals surface area contributed by atoms with Gasteiger partial charge < -0.3 is 10.5 Å². The van der Waals surface area contributed by atoms with Gasteiger partial charge in [0, 0.05) is 36.1 Å². The molecule has 0 aliphatic carbocycles. The predicted octanol–water partition coefficient (Wildman–Crippen LogP) is 4.94. The molecule has 0 saturated heterocycles. The van der Waals surface area contributed by atoms with E-state index < -0.39 is 0 Å². The van der Waals surface area contributed by atoms with Gasteiger partial charge in [-0.25, -0.2) is 15.0 Å². The molecule has 1 aromatic carbocycles. The molecule has 8 nitrogen and oxygen atoms in total. The van der Waals surface area contributed by atoms with E-state index in [-0.39, 0.29) is 12.0 Å². The van der Waals surface area contributed by atoms with Crippen LogP contribution in [0.4, 0.5) is 5.69 Å². The van der Waals surface area contributed by atoms with E-state index >= 15 is 0 Å². The summed E-state index contributed by atoms with van der Waals surface area (Å²) in [5, 5.41) is 0. The van der Waals surface area contributed by atoms with E-state index in [0.717, 1.165) is 34.6 Å². The summed E-state index contributed by atoms with van der Waals surface area (Å²) in [7, 11) is 1.67. The fraction of sp³-hybridized carbons (Fsp3) is 0.370. The van der Waals surface area contributed by atoms with Crippen LogP contribution >= 0.6 is 0 Å². The minimum Gasteiger partial charge on any atom is -0.471 e. The Labute approximate surface area is 208 Å². The molecule has 0 unspecified atom stereocenters. The van der Waals surface area contributed by atoms with Crippen LogP contribution in [0, 0.1) is 6.92 Å². The van der Waals surface area contributed by atoms with Gasteiger partial charge in [-0.05, 0) is 57.0 Å². The Morgan fingerprint density at radius 2 is 1.94 bits per heavy atom. The van der Waals surface area contributed by atoms with Crippen molar-refractivity contribution in [1.82, 2.24) is 9.97 Å². The Morgan fingerprint density at radius 1 is 1.23 bits per heavy atom. The van der Waals surface area contributed by atoms with Crippen molar-refractivity contribution in [3.63, 3.8) is 0 Å². The summed E-state index contributed by atoms with van der Waals surface area (Å²) in [4.78, 5) is 31.3. The lowest BCUT2D eigenvalue weighted by Crippen LogP contribution is -2.27. The number of hydrogen-bond acceptors (Lipinski definition) is 7. The second kappa shape index (κ2) is 12.1. The summed E-state index contributed by atoms with van der Waals surface area (Å²) < 4.78 is 5.80. The summed E-state index contributed by atoms with van der Waals surface area (Å²) >= 11 is 0. The van der Waals surface area contributed by atoms with E-state index in [1.54, 1.807) is 26.3 Å². The van der Waals surface area contributed by atoms with Gasteiger partial charge >= 0.3 is 0 Å². The van der Waals surface area contributed by atoms with Crippen LogP contribution in [-0.4, -0.2) is 42.1 Å². The number of amides is 1. The van der Waals surface area contributed by atoms with Crippen molar-refractivity contribution < 1.29 is 9.53 Å². The topological polar surface area (TPSA) is 106 Å². The number of nitrogens with two attached hydrogens (primary N) is 1. The number of benzene rings is 1. The Hall–Kier alpha value is -3.81. The predicted molar refractivity (Wildman–Crippen MR) is 144 cm³/mol. The van der Waals surface area contributed by atoms with Gasteiger partial charge in [-0.15, -0.1) is 0 Å². The Bertz CT molecular complexity index is 1170. The third-order valence-electron chi connectivity index (χ3n) is 5.00. The molecule has 2 rings (SSSR count). The number of carbonyl (C=O) groups is 1. The van der Waals surface area contributed by atoms with E-state index in [4.69, 9.17) is 15.5 Å². The fourth-order valence-corrected chi connectivity index (χ4v) is 3.08. The van der Waals surface area contributed by atoms with Gasteiger partial charge in [-0.3, -0.25) is 14.7 Å². The van der Waals surface area contributed by atoms with Crippen molar-refractivity contribution in [1.29, 1.82) is 0 Å². The molecule has 0 aliphatic rings. The normalized spacial score (nSPS) is 12.6. The summed E-state index contributed by atoms with van der Waals surface area (Å²) in [5.41, 5.74) is 10.5. The van der Waals surface area contributed by atoms with E-state index in [9.17, 15) is 4.79 Å². The Balaban J connectivity index is 2.40. The minimum absolute atomic E-state index is 0.156. The number of ether oxygens (including phenoxy) is 1. The third-order valence-corrected chi connectivity index (χ3v) is 5.00. The molecule has 1 heterocycles. The average molecular weight is 477 g/mol. The van der Waals surface area contributed by atoms with Gasteiger partial charge in [0.2, 0.25) is 12.3 Å². The first-order chi connectivity index (χ1) is 16.5. The quantitative estimate of drug-likeness (QED) is 0.251. The van der Waals surface area contributed by atoms with Crippen LogP contribution in [0.1, 0.15) is 52.9 Å².